The van der Waals surface area contributed by atoms with Gasteiger partial charge < -0.3 is 9.73 Å². The average Bonchev–Trinajstić information content (AvgIpc) is 3.30. The summed E-state index contributed by atoms with van der Waals surface area (Å²) >= 11 is 3.38. The van der Waals surface area contributed by atoms with Crippen LogP contribution in [0.5, 0.6) is 0 Å². The van der Waals surface area contributed by atoms with Gasteiger partial charge in [-0.15, -0.1) is 23.1 Å². The Bertz CT molecular complexity index is 690. The molecule has 0 fully saturated rings. The van der Waals surface area contributed by atoms with E-state index in [-0.39, 0.29) is 11.8 Å². The molecule has 0 aliphatic carbocycles. The van der Waals surface area contributed by atoms with Gasteiger partial charge in [-0.05, 0) is 35.7 Å². The topological polar surface area (TPSA) is 42.2 Å². The molecule has 1 aromatic carbocycles. The minimum atomic E-state index is 0.0747. The summed E-state index contributed by atoms with van der Waals surface area (Å²) in [6.45, 7) is 0.558. The number of nitrogens with one attached hydrogen (secondary N) is 1. The van der Waals surface area contributed by atoms with Crippen molar-refractivity contribution < 1.29 is 9.21 Å². The summed E-state index contributed by atoms with van der Waals surface area (Å²) in [6, 6.07) is 18.1. The first-order valence-corrected chi connectivity index (χ1v) is 9.71. The second-order valence-electron chi connectivity index (χ2n) is 5.30. The van der Waals surface area contributed by atoms with Crippen molar-refractivity contribution in [2.75, 3.05) is 12.3 Å². The minimum absolute atomic E-state index is 0.0747. The van der Waals surface area contributed by atoms with Crippen molar-refractivity contribution in [2.45, 2.75) is 17.2 Å². The third-order valence-corrected chi connectivity index (χ3v) is 5.62. The zero-order chi connectivity index (χ0) is 16.6. The molecule has 1 unspecified atom stereocenters. The van der Waals surface area contributed by atoms with Gasteiger partial charge in [0.05, 0.1) is 12.2 Å². The quantitative estimate of drug-likeness (QED) is 0.590. The molecular formula is C19H19NO2S2. The van der Waals surface area contributed by atoms with Crippen LogP contribution in [0.15, 0.2) is 75.6 Å². The Morgan fingerprint density at radius 2 is 2.00 bits per heavy atom. The molecular weight excluding hydrogens is 338 g/mol. The van der Waals surface area contributed by atoms with E-state index in [9.17, 15) is 4.79 Å². The largest absolute Gasteiger partial charge is 0.469 e. The molecule has 1 atom stereocenters. The molecule has 124 valence electrons. The molecule has 3 rings (SSSR count). The van der Waals surface area contributed by atoms with Gasteiger partial charge in [0, 0.05) is 28.5 Å². The third-order valence-electron chi connectivity index (χ3n) is 3.62. The molecule has 0 bridgehead atoms. The number of carbonyl (C=O) groups excluding carboxylic acids is 1. The summed E-state index contributed by atoms with van der Waals surface area (Å²) in [6.07, 6.45) is 2.18. The SMILES string of the molecule is O=C(CCSc1ccccc1)NCC(c1ccco1)c1cccs1. The molecule has 0 aliphatic rings. The fourth-order valence-corrected chi connectivity index (χ4v) is 4.11. The highest BCUT2D eigenvalue weighted by Gasteiger charge is 2.18. The molecule has 0 spiro atoms. The number of hydrogen-bond acceptors (Lipinski definition) is 4. The van der Waals surface area contributed by atoms with E-state index in [4.69, 9.17) is 4.42 Å². The zero-order valence-electron chi connectivity index (χ0n) is 13.2. The van der Waals surface area contributed by atoms with Gasteiger partial charge in [0.25, 0.3) is 0 Å². The summed E-state index contributed by atoms with van der Waals surface area (Å²) in [4.78, 5) is 14.5. The normalized spacial score (nSPS) is 12.0. The Kier molecular flexibility index (Phi) is 6.15. The van der Waals surface area contributed by atoms with E-state index in [1.807, 2.05) is 41.8 Å². The fraction of sp³-hybridized carbons (Fsp3) is 0.211. The Balaban J connectivity index is 1.49. The fourth-order valence-electron chi connectivity index (χ4n) is 2.40. The van der Waals surface area contributed by atoms with E-state index >= 15 is 0 Å². The van der Waals surface area contributed by atoms with Crippen LogP contribution >= 0.6 is 23.1 Å². The predicted octanol–water partition coefficient (Wildman–Crippen LogP) is 4.77. The van der Waals surface area contributed by atoms with Gasteiger partial charge in [-0.25, -0.2) is 0 Å². The molecule has 0 saturated heterocycles. The molecule has 24 heavy (non-hydrogen) atoms. The Hall–Kier alpha value is -1.98. The van der Waals surface area contributed by atoms with E-state index in [0.29, 0.717) is 13.0 Å². The number of amides is 1. The molecule has 3 nitrogen and oxygen atoms in total. The van der Waals surface area contributed by atoms with Crippen LogP contribution in [0.2, 0.25) is 0 Å². The average molecular weight is 358 g/mol. The third kappa shape index (κ3) is 4.76. The van der Waals surface area contributed by atoms with Gasteiger partial charge in [-0.3, -0.25) is 4.79 Å². The number of thiophene rings is 1. The summed E-state index contributed by atoms with van der Waals surface area (Å²) < 4.78 is 5.54. The minimum Gasteiger partial charge on any atom is -0.469 e. The molecule has 1 N–H and O–H groups in total. The lowest BCUT2D eigenvalue weighted by molar-refractivity contribution is -0.120. The van der Waals surface area contributed by atoms with Gasteiger partial charge in [-0.2, -0.15) is 0 Å². The summed E-state index contributed by atoms with van der Waals surface area (Å²) in [7, 11) is 0. The first-order valence-electron chi connectivity index (χ1n) is 7.84. The Morgan fingerprint density at radius 3 is 2.71 bits per heavy atom. The van der Waals surface area contributed by atoms with E-state index in [1.54, 1.807) is 29.4 Å². The second-order valence-corrected chi connectivity index (χ2v) is 7.45. The molecule has 2 heterocycles. The number of furan rings is 1. The van der Waals surface area contributed by atoms with Crippen LogP contribution in [0.25, 0.3) is 0 Å². The van der Waals surface area contributed by atoms with Crippen LogP contribution in [0, 0.1) is 0 Å². The lowest BCUT2D eigenvalue weighted by Gasteiger charge is -2.14. The Labute approximate surface area is 150 Å². The van der Waals surface area contributed by atoms with Crippen LogP contribution < -0.4 is 5.32 Å². The highest BCUT2D eigenvalue weighted by Crippen LogP contribution is 2.28. The van der Waals surface area contributed by atoms with Crippen molar-refractivity contribution in [1.82, 2.24) is 5.32 Å². The second kappa shape index (κ2) is 8.76. The summed E-state index contributed by atoms with van der Waals surface area (Å²) in [5, 5.41) is 5.09. The lowest BCUT2D eigenvalue weighted by atomic mass is 10.0. The molecule has 5 heteroatoms. The van der Waals surface area contributed by atoms with Gasteiger partial charge in [0.15, 0.2) is 0 Å². The van der Waals surface area contributed by atoms with Crippen molar-refractivity contribution in [3.8, 4) is 0 Å². The van der Waals surface area contributed by atoms with Crippen molar-refractivity contribution in [3.63, 3.8) is 0 Å². The monoisotopic (exact) mass is 357 g/mol. The smallest absolute Gasteiger partial charge is 0.220 e. The van der Waals surface area contributed by atoms with Crippen molar-refractivity contribution >= 4 is 29.0 Å². The van der Waals surface area contributed by atoms with Gasteiger partial charge >= 0.3 is 0 Å². The molecule has 3 aromatic rings. The number of thioether (sulfide) groups is 1. The maximum atomic E-state index is 12.1. The molecule has 2 aromatic heterocycles. The van der Waals surface area contributed by atoms with E-state index in [0.717, 1.165) is 11.5 Å². The van der Waals surface area contributed by atoms with Gasteiger partial charge in [0.1, 0.15) is 5.76 Å². The lowest BCUT2D eigenvalue weighted by Crippen LogP contribution is -2.28. The van der Waals surface area contributed by atoms with E-state index < -0.39 is 0 Å². The van der Waals surface area contributed by atoms with Crippen LogP contribution in [-0.2, 0) is 4.79 Å². The summed E-state index contributed by atoms with van der Waals surface area (Å²) in [5.41, 5.74) is 0. The first-order chi connectivity index (χ1) is 11.8. The number of benzene rings is 1. The standard InChI is InChI=1S/C19H19NO2S2/c21-19(10-13-23-15-6-2-1-3-7-15)20-14-16(17-8-4-11-22-17)18-9-5-12-24-18/h1-9,11-12,16H,10,13-14H2,(H,20,21). The van der Waals surface area contributed by atoms with Crippen molar-refractivity contribution in [1.29, 1.82) is 0 Å². The highest BCUT2D eigenvalue weighted by atomic mass is 32.2. The first kappa shape index (κ1) is 16.9. The number of carbonyl (C=O) groups is 1. The van der Waals surface area contributed by atoms with E-state index in [1.165, 1.54) is 9.77 Å². The highest BCUT2D eigenvalue weighted by molar-refractivity contribution is 7.99. The number of rotatable bonds is 8. The maximum Gasteiger partial charge on any atom is 0.220 e. The molecule has 0 aliphatic heterocycles. The molecule has 1 amide bonds. The predicted molar refractivity (Wildman–Crippen MR) is 99.7 cm³/mol. The molecule has 0 saturated carbocycles. The van der Waals surface area contributed by atoms with Crippen LogP contribution in [-0.4, -0.2) is 18.2 Å². The van der Waals surface area contributed by atoms with E-state index in [2.05, 4.69) is 23.5 Å². The van der Waals surface area contributed by atoms with Crippen molar-refractivity contribution in [2.24, 2.45) is 0 Å². The van der Waals surface area contributed by atoms with Crippen molar-refractivity contribution in [3.05, 3.63) is 76.9 Å². The van der Waals surface area contributed by atoms with Crippen LogP contribution in [0.4, 0.5) is 0 Å². The van der Waals surface area contributed by atoms with Gasteiger partial charge in [0.2, 0.25) is 5.91 Å². The summed E-state index contributed by atoms with van der Waals surface area (Å²) in [5.74, 6) is 1.81. The Morgan fingerprint density at radius 1 is 1.12 bits per heavy atom. The van der Waals surface area contributed by atoms with Crippen LogP contribution in [0.3, 0.4) is 0 Å². The maximum absolute atomic E-state index is 12.1. The molecule has 0 radical (unpaired) electrons. The number of hydrogen-bond donors (Lipinski definition) is 1. The van der Waals surface area contributed by atoms with Crippen LogP contribution in [0.1, 0.15) is 23.0 Å². The van der Waals surface area contributed by atoms with Gasteiger partial charge in [-0.1, -0.05) is 24.3 Å². The zero-order valence-corrected chi connectivity index (χ0v) is 14.8.